The molecule has 0 bridgehead atoms. The van der Waals surface area contributed by atoms with Crippen molar-refractivity contribution >= 4 is 0 Å². The summed E-state index contributed by atoms with van der Waals surface area (Å²) in [5.74, 6) is 0.417. The minimum atomic E-state index is -0.254. The van der Waals surface area contributed by atoms with E-state index >= 15 is 0 Å². The molecule has 0 saturated carbocycles. The molecule has 116 valence electrons. The average Bonchev–Trinajstić information content (AvgIpc) is 2.56. The summed E-state index contributed by atoms with van der Waals surface area (Å²) >= 11 is 0. The van der Waals surface area contributed by atoms with Gasteiger partial charge in [-0.2, -0.15) is 0 Å². The molecular formula is C18H20FNO2. The first-order chi connectivity index (χ1) is 10.8. The van der Waals surface area contributed by atoms with E-state index in [1.807, 2.05) is 6.07 Å². The second-order valence-corrected chi connectivity index (χ2v) is 5.48. The molecule has 1 aliphatic heterocycles. The molecular weight excluding hydrogens is 281 g/mol. The Bertz CT molecular complexity index is 573. The van der Waals surface area contributed by atoms with Gasteiger partial charge in [-0.25, -0.2) is 4.39 Å². The summed E-state index contributed by atoms with van der Waals surface area (Å²) in [5.41, 5.74) is 1.31. The van der Waals surface area contributed by atoms with Crippen LogP contribution >= 0.6 is 0 Å². The second-order valence-electron chi connectivity index (χ2n) is 5.48. The van der Waals surface area contributed by atoms with E-state index in [1.165, 1.54) is 17.7 Å². The Morgan fingerprint density at radius 3 is 2.64 bits per heavy atom. The predicted molar refractivity (Wildman–Crippen MR) is 83.4 cm³/mol. The molecule has 1 aliphatic rings. The topological polar surface area (TPSA) is 21.7 Å². The molecule has 0 spiro atoms. The number of hydrogen-bond acceptors (Lipinski definition) is 3. The van der Waals surface area contributed by atoms with Crippen LogP contribution in [-0.4, -0.2) is 37.3 Å². The molecule has 0 aliphatic carbocycles. The van der Waals surface area contributed by atoms with Crippen molar-refractivity contribution < 1.29 is 13.9 Å². The zero-order chi connectivity index (χ0) is 15.2. The van der Waals surface area contributed by atoms with Crippen LogP contribution in [0.5, 0.6) is 5.75 Å². The van der Waals surface area contributed by atoms with Gasteiger partial charge in [-0.05, 0) is 29.8 Å². The van der Waals surface area contributed by atoms with E-state index < -0.39 is 0 Å². The van der Waals surface area contributed by atoms with Crippen LogP contribution in [0.1, 0.15) is 5.56 Å². The van der Waals surface area contributed by atoms with Crippen molar-refractivity contribution in [3.05, 3.63) is 66.0 Å². The van der Waals surface area contributed by atoms with E-state index in [9.17, 15) is 4.39 Å². The largest absolute Gasteiger partial charge is 0.491 e. The van der Waals surface area contributed by atoms with Crippen LogP contribution in [-0.2, 0) is 11.3 Å². The van der Waals surface area contributed by atoms with Gasteiger partial charge in [0.2, 0.25) is 0 Å². The molecule has 22 heavy (non-hydrogen) atoms. The fourth-order valence-corrected chi connectivity index (χ4v) is 2.59. The molecule has 0 radical (unpaired) electrons. The molecule has 2 aromatic carbocycles. The Hall–Kier alpha value is -1.91. The number of morpholine rings is 1. The second kappa shape index (κ2) is 7.38. The lowest BCUT2D eigenvalue weighted by atomic mass is 10.2. The van der Waals surface area contributed by atoms with Gasteiger partial charge in [0.25, 0.3) is 0 Å². The smallest absolute Gasteiger partial charge is 0.123 e. The van der Waals surface area contributed by atoms with Crippen molar-refractivity contribution in [2.24, 2.45) is 0 Å². The summed E-state index contributed by atoms with van der Waals surface area (Å²) in [7, 11) is 0. The van der Waals surface area contributed by atoms with Gasteiger partial charge in [0.15, 0.2) is 0 Å². The molecule has 4 heteroatoms. The standard InChI is InChI=1S/C18H20FNO2/c19-16-6-8-17(9-7-16)22-14-18-13-20(10-11-21-18)12-15-4-2-1-3-5-15/h1-9,18H,10-14H2. The van der Waals surface area contributed by atoms with Gasteiger partial charge in [0, 0.05) is 19.6 Å². The van der Waals surface area contributed by atoms with Gasteiger partial charge in [-0.3, -0.25) is 4.90 Å². The average molecular weight is 301 g/mol. The Morgan fingerprint density at radius 2 is 1.86 bits per heavy atom. The molecule has 0 aromatic heterocycles. The molecule has 1 saturated heterocycles. The van der Waals surface area contributed by atoms with Crippen LogP contribution in [0.15, 0.2) is 54.6 Å². The van der Waals surface area contributed by atoms with Crippen LogP contribution < -0.4 is 4.74 Å². The predicted octanol–water partition coefficient (Wildman–Crippen LogP) is 3.11. The van der Waals surface area contributed by atoms with Crippen molar-refractivity contribution in [1.29, 1.82) is 0 Å². The summed E-state index contributed by atoms with van der Waals surface area (Å²) in [6.45, 7) is 3.90. The van der Waals surface area contributed by atoms with Crippen LogP contribution in [0.25, 0.3) is 0 Å². The molecule has 1 atom stereocenters. The highest BCUT2D eigenvalue weighted by molar-refractivity contribution is 5.22. The van der Waals surface area contributed by atoms with Crippen molar-refractivity contribution in [2.75, 3.05) is 26.3 Å². The summed E-state index contributed by atoms with van der Waals surface area (Å²) in [4.78, 5) is 2.37. The first kappa shape index (κ1) is 15.0. The van der Waals surface area contributed by atoms with E-state index in [0.29, 0.717) is 19.0 Å². The maximum absolute atomic E-state index is 12.9. The molecule has 2 aromatic rings. The van der Waals surface area contributed by atoms with Crippen molar-refractivity contribution in [3.63, 3.8) is 0 Å². The Morgan fingerprint density at radius 1 is 1.09 bits per heavy atom. The van der Waals surface area contributed by atoms with Crippen molar-refractivity contribution in [1.82, 2.24) is 4.90 Å². The number of hydrogen-bond donors (Lipinski definition) is 0. The Balaban J connectivity index is 1.49. The van der Waals surface area contributed by atoms with Crippen LogP contribution in [0.4, 0.5) is 4.39 Å². The summed E-state index contributed by atoms with van der Waals surface area (Å²) in [6.07, 6.45) is 0.0440. The monoisotopic (exact) mass is 301 g/mol. The first-order valence-electron chi connectivity index (χ1n) is 7.56. The summed E-state index contributed by atoms with van der Waals surface area (Å²) in [5, 5.41) is 0. The quantitative estimate of drug-likeness (QED) is 0.847. The molecule has 0 N–H and O–H groups in total. The third-order valence-electron chi connectivity index (χ3n) is 3.72. The van der Waals surface area contributed by atoms with Crippen molar-refractivity contribution in [2.45, 2.75) is 12.6 Å². The van der Waals surface area contributed by atoms with Gasteiger partial charge in [0.05, 0.1) is 6.61 Å². The van der Waals surface area contributed by atoms with E-state index in [-0.39, 0.29) is 11.9 Å². The third kappa shape index (κ3) is 4.29. The Kier molecular flexibility index (Phi) is 5.03. The van der Waals surface area contributed by atoms with Crippen LogP contribution in [0.3, 0.4) is 0 Å². The molecule has 1 heterocycles. The number of rotatable bonds is 5. The zero-order valence-electron chi connectivity index (χ0n) is 12.5. The first-order valence-corrected chi connectivity index (χ1v) is 7.56. The fourth-order valence-electron chi connectivity index (χ4n) is 2.59. The van der Waals surface area contributed by atoms with E-state index in [2.05, 4.69) is 29.2 Å². The number of nitrogens with zero attached hydrogens (tertiary/aromatic N) is 1. The minimum Gasteiger partial charge on any atom is -0.491 e. The maximum atomic E-state index is 12.9. The third-order valence-corrected chi connectivity index (χ3v) is 3.72. The highest BCUT2D eigenvalue weighted by Gasteiger charge is 2.21. The molecule has 0 amide bonds. The maximum Gasteiger partial charge on any atom is 0.123 e. The highest BCUT2D eigenvalue weighted by Crippen LogP contribution is 2.14. The Labute approximate surface area is 130 Å². The number of benzene rings is 2. The summed E-state index contributed by atoms with van der Waals surface area (Å²) < 4.78 is 24.3. The molecule has 3 rings (SSSR count). The molecule has 1 unspecified atom stereocenters. The van der Waals surface area contributed by atoms with Crippen LogP contribution in [0.2, 0.25) is 0 Å². The van der Waals surface area contributed by atoms with Gasteiger partial charge < -0.3 is 9.47 Å². The highest BCUT2D eigenvalue weighted by atomic mass is 19.1. The lowest BCUT2D eigenvalue weighted by Gasteiger charge is -2.32. The zero-order valence-corrected chi connectivity index (χ0v) is 12.5. The number of halogens is 1. The summed E-state index contributed by atoms with van der Waals surface area (Å²) in [6, 6.07) is 16.5. The van der Waals surface area contributed by atoms with Crippen LogP contribution in [0, 0.1) is 5.82 Å². The van der Waals surface area contributed by atoms with Gasteiger partial charge in [-0.1, -0.05) is 30.3 Å². The normalized spacial score (nSPS) is 19.0. The van der Waals surface area contributed by atoms with Gasteiger partial charge in [-0.15, -0.1) is 0 Å². The van der Waals surface area contributed by atoms with Crippen molar-refractivity contribution in [3.8, 4) is 5.75 Å². The lowest BCUT2D eigenvalue weighted by molar-refractivity contribution is -0.0504. The SMILES string of the molecule is Fc1ccc(OCC2CN(Cc3ccccc3)CCO2)cc1. The molecule has 3 nitrogen and oxygen atoms in total. The van der Waals surface area contributed by atoms with Gasteiger partial charge in [0.1, 0.15) is 24.3 Å². The van der Waals surface area contributed by atoms with Gasteiger partial charge >= 0.3 is 0 Å². The fraction of sp³-hybridized carbons (Fsp3) is 0.333. The lowest BCUT2D eigenvalue weighted by Crippen LogP contribution is -2.44. The van der Waals surface area contributed by atoms with E-state index in [1.54, 1.807) is 12.1 Å². The van der Waals surface area contributed by atoms with E-state index in [4.69, 9.17) is 9.47 Å². The molecule has 1 fully saturated rings. The number of ether oxygens (including phenoxy) is 2. The van der Waals surface area contributed by atoms with E-state index in [0.717, 1.165) is 19.6 Å². The minimum absolute atomic E-state index is 0.0440.